The molecule has 0 aromatic heterocycles. The van der Waals surface area contributed by atoms with E-state index in [0.29, 0.717) is 0 Å². The van der Waals surface area contributed by atoms with E-state index in [1.807, 2.05) is 45.1 Å². The lowest BCUT2D eigenvalue weighted by Gasteiger charge is -2.25. The summed E-state index contributed by atoms with van der Waals surface area (Å²) in [6.07, 6.45) is 7.20. The van der Waals surface area contributed by atoms with Crippen molar-refractivity contribution in [3.63, 3.8) is 0 Å². The highest BCUT2D eigenvalue weighted by molar-refractivity contribution is 5.71. The van der Waals surface area contributed by atoms with Gasteiger partial charge in [0.2, 0.25) is 0 Å². The molecule has 1 amide bonds. The van der Waals surface area contributed by atoms with E-state index in [1.54, 1.807) is 12.4 Å². The smallest absolute Gasteiger partial charge is 0.418 e. The third-order valence-corrected chi connectivity index (χ3v) is 3.06. The first kappa shape index (κ1) is 14.4. The number of rotatable bonds is 1. The van der Waals surface area contributed by atoms with Gasteiger partial charge in [-0.15, -0.1) is 0 Å². The Morgan fingerprint density at radius 1 is 1.15 bits per heavy atom. The minimum absolute atomic E-state index is 0.204. The average Bonchev–Trinajstić information content (AvgIpc) is 2.37. The predicted octanol–water partition coefficient (Wildman–Crippen LogP) is 4.36. The Morgan fingerprint density at radius 3 is 2.30 bits per heavy atom. The number of benzene rings is 1. The van der Waals surface area contributed by atoms with Crippen molar-refractivity contribution in [1.29, 1.82) is 0 Å². The fraction of sp³-hybridized carbons (Fsp3) is 0.353. The van der Waals surface area contributed by atoms with Gasteiger partial charge in [-0.2, -0.15) is 0 Å². The van der Waals surface area contributed by atoms with Crippen molar-refractivity contribution in [2.24, 2.45) is 0 Å². The molecule has 0 N–H and O–H groups in total. The van der Waals surface area contributed by atoms with Crippen molar-refractivity contribution in [2.45, 2.75) is 39.2 Å². The molecule has 0 atom stereocenters. The number of amides is 1. The van der Waals surface area contributed by atoms with E-state index in [-0.39, 0.29) is 12.0 Å². The largest absolute Gasteiger partial charge is 0.443 e. The average molecular weight is 271 g/mol. The quantitative estimate of drug-likeness (QED) is 0.759. The molecule has 3 nitrogen and oxygen atoms in total. The molecule has 0 unspecified atom stereocenters. The molecule has 1 aromatic rings. The monoisotopic (exact) mass is 271 g/mol. The van der Waals surface area contributed by atoms with E-state index in [4.69, 9.17) is 4.74 Å². The molecule has 1 aromatic carbocycles. The first-order valence-corrected chi connectivity index (χ1v) is 6.80. The Hall–Kier alpha value is -2.03. The summed E-state index contributed by atoms with van der Waals surface area (Å²) in [6, 6.07) is 8.27. The number of ether oxygens (including phenoxy) is 1. The van der Waals surface area contributed by atoms with Crippen molar-refractivity contribution in [3.05, 3.63) is 59.9 Å². The lowest BCUT2D eigenvalue weighted by Crippen LogP contribution is -2.31. The van der Waals surface area contributed by atoms with Crippen LogP contribution in [0.25, 0.3) is 0 Å². The minimum atomic E-state index is -0.481. The van der Waals surface area contributed by atoms with Crippen LogP contribution < -0.4 is 0 Å². The lowest BCUT2D eigenvalue weighted by atomic mass is 9.94. The molecule has 20 heavy (non-hydrogen) atoms. The number of hydrogen-bond acceptors (Lipinski definition) is 2. The highest BCUT2D eigenvalue weighted by Gasteiger charge is 2.21. The first-order chi connectivity index (χ1) is 9.37. The molecule has 0 saturated carbocycles. The van der Waals surface area contributed by atoms with Gasteiger partial charge in [0.15, 0.2) is 0 Å². The van der Waals surface area contributed by atoms with Gasteiger partial charge in [0.05, 0.1) is 0 Å². The maximum atomic E-state index is 11.9. The first-order valence-electron chi connectivity index (χ1n) is 6.80. The summed E-state index contributed by atoms with van der Waals surface area (Å²) < 4.78 is 5.33. The molecule has 0 spiro atoms. The number of hydrogen-bond donors (Lipinski definition) is 0. The standard InChI is InChI=1S/C17H21NO2/c1-13-7-5-6-8-15(13)14-9-11-18(12-10-14)16(19)20-17(2,3)4/h5-12,14H,1-4H3. The molecule has 0 aliphatic carbocycles. The van der Waals surface area contributed by atoms with Gasteiger partial charge in [0, 0.05) is 18.3 Å². The van der Waals surface area contributed by atoms with Crippen LogP contribution in [-0.4, -0.2) is 16.6 Å². The summed E-state index contributed by atoms with van der Waals surface area (Å²) >= 11 is 0. The molecule has 2 rings (SSSR count). The third kappa shape index (κ3) is 3.50. The van der Waals surface area contributed by atoms with Gasteiger partial charge in [-0.1, -0.05) is 36.4 Å². The molecule has 1 aliphatic rings. The molecule has 0 bridgehead atoms. The van der Waals surface area contributed by atoms with Gasteiger partial charge in [-0.25, -0.2) is 4.79 Å². The van der Waals surface area contributed by atoms with Gasteiger partial charge >= 0.3 is 6.09 Å². The molecular weight excluding hydrogens is 250 g/mol. The second-order valence-electron chi connectivity index (χ2n) is 5.95. The van der Waals surface area contributed by atoms with Crippen LogP contribution >= 0.6 is 0 Å². The number of allylic oxidation sites excluding steroid dienone is 2. The summed E-state index contributed by atoms with van der Waals surface area (Å²) in [5.74, 6) is 0.204. The van der Waals surface area contributed by atoms with E-state index in [0.717, 1.165) is 0 Å². The second kappa shape index (κ2) is 5.53. The van der Waals surface area contributed by atoms with Crippen molar-refractivity contribution in [3.8, 4) is 0 Å². The van der Waals surface area contributed by atoms with Gasteiger partial charge < -0.3 is 4.74 Å². The van der Waals surface area contributed by atoms with Crippen LogP contribution in [0.2, 0.25) is 0 Å². The summed E-state index contributed by atoms with van der Waals surface area (Å²) in [7, 11) is 0. The van der Waals surface area contributed by atoms with Crippen molar-refractivity contribution >= 4 is 6.09 Å². The topological polar surface area (TPSA) is 29.5 Å². The molecule has 1 aliphatic heterocycles. The zero-order valence-electron chi connectivity index (χ0n) is 12.5. The molecule has 1 heterocycles. The SMILES string of the molecule is Cc1ccccc1C1C=CN(C(=O)OC(C)(C)C)C=C1. The second-order valence-corrected chi connectivity index (χ2v) is 5.95. The number of nitrogens with zero attached hydrogens (tertiary/aromatic N) is 1. The zero-order valence-corrected chi connectivity index (χ0v) is 12.5. The molecule has 0 radical (unpaired) electrons. The van der Waals surface area contributed by atoms with Crippen LogP contribution in [0.1, 0.15) is 37.8 Å². The predicted molar refractivity (Wildman–Crippen MR) is 80.3 cm³/mol. The molecule has 0 saturated heterocycles. The number of aryl methyl sites for hydroxylation is 1. The Morgan fingerprint density at radius 2 is 1.75 bits per heavy atom. The summed E-state index contributed by atoms with van der Waals surface area (Å²) in [4.78, 5) is 13.4. The molecule has 3 heteroatoms. The van der Waals surface area contributed by atoms with E-state index in [9.17, 15) is 4.79 Å². The Labute approximate surface area is 120 Å². The Kier molecular flexibility index (Phi) is 3.98. The van der Waals surface area contributed by atoms with E-state index in [1.165, 1.54) is 16.0 Å². The van der Waals surface area contributed by atoms with Crippen LogP contribution in [-0.2, 0) is 4.74 Å². The Balaban J connectivity index is 2.07. The fourth-order valence-corrected chi connectivity index (χ4v) is 2.09. The highest BCUT2D eigenvalue weighted by Crippen LogP contribution is 2.26. The van der Waals surface area contributed by atoms with Crippen molar-refractivity contribution < 1.29 is 9.53 Å². The number of carbonyl (C=O) groups is 1. The summed E-state index contributed by atoms with van der Waals surface area (Å²) in [6.45, 7) is 7.67. The van der Waals surface area contributed by atoms with Crippen LogP contribution in [0.4, 0.5) is 4.79 Å². The van der Waals surface area contributed by atoms with Crippen LogP contribution in [0.15, 0.2) is 48.8 Å². The van der Waals surface area contributed by atoms with Crippen LogP contribution in [0.3, 0.4) is 0 Å². The Bertz CT molecular complexity index is 538. The van der Waals surface area contributed by atoms with Gasteiger partial charge in [-0.3, -0.25) is 4.90 Å². The lowest BCUT2D eigenvalue weighted by molar-refractivity contribution is 0.0397. The van der Waals surface area contributed by atoms with E-state index < -0.39 is 5.60 Å². The van der Waals surface area contributed by atoms with Gasteiger partial charge in [0.25, 0.3) is 0 Å². The van der Waals surface area contributed by atoms with Gasteiger partial charge in [0.1, 0.15) is 5.60 Å². The van der Waals surface area contributed by atoms with Crippen LogP contribution in [0, 0.1) is 6.92 Å². The summed E-state index contributed by atoms with van der Waals surface area (Å²) in [5.41, 5.74) is 2.02. The third-order valence-electron chi connectivity index (χ3n) is 3.06. The van der Waals surface area contributed by atoms with E-state index in [2.05, 4.69) is 19.1 Å². The number of carbonyl (C=O) groups excluding carboxylic acids is 1. The zero-order chi connectivity index (χ0) is 14.8. The van der Waals surface area contributed by atoms with Crippen molar-refractivity contribution in [2.75, 3.05) is 0 Å². The molecule has 0 fully saturated rings. The molecule has 106 valence electrons. The normalized spacial score (nSPS) is 15.5. The van der Waals surface area contributed by atoms with E-state index >= 15 is 0 Å². The van der Waals surface area contributed by atoms with Crippen LogP contribution in [0.5, 0.6) is 0 Å². The molecular formula is C17H21NO2. The van der Waals surface area contributed by atoms with Crippen molar-refractivity contribution in [1.82, 2.24) is 4.90 Å². The minimum Gasteiger partial charge on any atom is -0.443 e. The summed E-state index contributed by atoms with van der Waals surface area (Å²) in [5, 5.41) is 0. The highest BCUT2D eigenvalue weighted by atomic mass is 16.6. The maximum absolute atomic E-state index is 11.9. The van der Waals surface area contributed by atoms with Gasteiger partial charge in [-0.05, 0) is 38.8 Å². The maximum Gasteiger partial charge on any atom is 0.418 e. The fourth-order valence-electron chi connectivity index (χ4n) is 2.09.